The van der Waals surface area contributed by atoms with Gasteiger partial charge < -0.3 is 15.8 Å². The number of nitrogens with one attached hydrogen (secondary N) is 1. The van der Waals surface area contributed by atoms with E-state index in [1.54, 1.807) is 10.8 Å². The van der Waals surface area contributed by atoms with Gasteiger partial charge in [0.1, 0.15) is 5.00 Å². The largest absolute Gasteiger partial charge is 0.449 e. The molecule has 1 aliphatic rings. The molecule has 0 spiro atoms. The molecule has 8 nitrogen and oxygen atoms in total. The lowest BCUT2D eigenvalue weighted by Crippen LogP contribution is -2.30. The zero-order chi connectivity index (χ0) is 21.3. The number of thiophene rings is 1. The van der Waals surface area contributed by atoms with Gasteiger partial charge in [0.2, 0.25) is 0 Å². The van der Waals surface area contributed by atoms with Crippen molar-refractivity contribution in [3.05, 3.63) is 39.0 Å². The van der Waals surface area contributed by atoms with Gasteiger partial charge in [0.05, 0.1) is 11.3 Å². The number of rotatable bonds is 6. The average molecular weight is 417 g/mol. The van der Waals surface area contributed by atoms with E-state index in [1.165, 1.54) is 24.3 Å². The van der Waals surface area contributed by atoms with Crippen LogP contribution in [0.25, 0.3) is 6.08 Å². The quantitative estimate of drug-likeness (QED) is 0.553. The molecular formula is C20H24N4O4S. The zero-order valence-corrected chi connectivity index (χ0v) is 17.7. The number of primary amides is 1. The highest BCUT2D eigenvalue weighted by atomic mass is 32.1. The number of ether oxygens (including phenoxy) is 1. The molecule has 3 rings (SSSR count). The zero-order valence-electron chi connectivity index (χ0n) is 16.9. The van der Waals surface area contributed by atoms with Crippen molar-refractivity contribution in [2.24, 2.45) is 12.8 Å². The van der Waals surface area contributed by atoms with Crippen LogP contribution in [0.4, 0.5) is 5.00 Å². The summed E-state index contributed by atoms with van der Waals surface area (Å²) in [6, 6.07) is 0. The lowest BCUT2D eigenvalue weighted by Gasteiger charge is -2.12. The number of nitrogens with zero attached hydrogens (tertiary/aromatic N) is 2. The van der Waals surface area contributed by atoms with E-state index in [0.717, 1.165) is 46.7 Å². The van der Waals surface area contributed by atoms with Crippen LogP contribution in [-0.2, 0) is 34.2 Å². The Morgan fingerprint density at radius 1 is 1.31 bits per heavy atom. The van der Waals surface area contributed by atoms with E-state index in [0.29, 0.717) is 10.6 Å². The number of fused-ring (bicyclic) bond motifs is 1. The Morgan fingerprint density at radius 3 is 2.66 bits per heavy atom. The van der Waals surface area contributed by atoms with Crippen LogP contribution in [-0.4, -0.2) is 33.7 Å². The van der Waals surface area contributed by atoms with E-state index in [9.17, 15) is 14.4 Å². The van der Waals surface area contributed by atoms with E-state index in [-0.39, 0.29) is 0 Å². The summed E-state index contributed by atoms with van der Waals surface area (Å²) in [7, 11) is 1.82. The number of carbonyl (C=O) groups is 3. The number of nitrogens with two attached hydrogens (primary N) is 1. The first-order chi connectivity index (χ1) is 13.7. The van der Waals surface area contributed by atoms with E-state index in [4.69, 9.17) is 10.5 Å². The number of esters is 1. The molecule has 2 amide bonds. The summed E-state index contributed by atoms with van der Waals surface area (Å²) in [5, 5.41) is 7.39. The molecule has 154 valence electrons. The molecule has 3 N–H and O–H groups in total. The minimum Gasteiger partial charge on any atom is -0.449 e. The smallest absolute Gasteiger partial charge is 0.331 e. The molecule has 0 bridgehead atoms. The lowest BCUT2D eigenvalue weighted by atomic mass is 10.1. The van der Waals surface area contributed by atoms with Gasteiger partial charge >= 0.3 is 5.97 Å². The molecule has 29 heavy (non-hydrogen) atoms. The first-order valence-corrected chi connectivity index (χ1v) is 10.1. The number of carbonyl (C=O) groups excluding carboxylic acids is 3. The monoisotopic (exact) mass is 416 g/mol. The van der Waals surface area contributed by atoms with E-state index >= 15 is 0 Å². The number of aromatic nitrogens is 2. The highest BCUT2D eigenvalue weighted by Crippen LogP contribution is 2.38. The summed E-state index contributed by atoms with van der Waals surface area (Å²) in [6.45, 7) is 5.23. The topological polar surface area (TPSA) is 116 Å². The molecule has 0 aliphatic heterocycles. The van der Waals surface area contributed by atoms with Gasteiger partial charge in [-0.25, -0.2) is 4.79 Å². The van der Waals surface area contributed by atoms with Crippen molar-refractivity contribution >= 4 is 40.2 Å². The second kappa shape index (κ2) is 8.20. The summed E-state index contributed by atoms with van der Waals surface area (Å²) in [4.78, 5) is 37.5. The molecule has 0 saturated heterocycles. The Morgan fingerprint density at radius 2 is 2.03 bits per heavy atom. The molecule has 0 aromatic carbocycles. The van der Waals surface area contributed by atoms with E-state index < -0.39 is 23.9 Å². The van der Waals surface area contributed by atoms with E-state index in [1.807, 2.05) is 20.9 Å². The SMILES string of the molecule is Cc1nn(C)c(C)c1/C=C/C(=O)O[C@H](C)C(=O)Nc1sc2c(c1C(N)=O)CCC2. The third-order valence-corrected chi connectivity index (χ3v) is 6.22. The van der Waals surface area contributed by atoms with Gasteiger partial charge in [0, 0.05) is 29.3 Å². The van der Waals surface area contributed by atoms with Crippen molar-refractivity contribution in [1.29, 1.82) is 0 Å². The first kappa shape index (κ1) is 20.8. The number of hydrogen-bond acceptors (Lipinski definition) is 6. The van der Waals surface area contributed by atoms with Crippen LogP contribution in [0.1, 0.15) is 51.1 Å². The molecule has 0 fully saturated rings. The van der Waals surface area contributed by atoms with Crippen molar-refractivity contribution in [2.45, 2.75) is 46.1 Å². The van der Waals surface area contributed by atoms with Crippen LogP contribution in [0.15, 0.2) is 6.08 Å². The third kappa shape index (κ3) is 4.24. The van der Waals surface area contributed by atoms with Crippen LogP contribution in [0.5, 0.6) is 0 Å². The molecule has 2 aromatic rings. The molecule has 9 heteroatoms. The maximum absolute atomic E-state index is 12.5. The van der Waals surface area contributed by atoms with Crippen LogP contribution in [0.2, 0.25) is 0 Å². The molecule has 1 atom stereocenters. The second-order valence-electron chi connectivity index (χ2n) is 7.04. The summed E-state index contributed by atoms with van der Waals surface area (Å²) < 4.78 is 6.92. The highest BCUT2D eigenvalue weighted by Gasteiger charge is 2.27. The van der Waals surface area contributed by atoms with Gasteiger partial charge in [0.15, 0.2) is 6.10 Å². The second-order valence-corrected chi connectivity index (χ2v) is 8.14. The fourth-order valence-corrected chi connectivity index (χ4v) is 4.71. The van der Waals surface area contributed by atoms with Crippen molar-refractivity contribution in [3.63, 3.8) is 0 Å². The van der Waals surface area contributed by atoms with Gasteiger partial charge in [-0.1, -0.05) is 0 Å². The molecule has 0 radical (unpaired) electrons. The summed E-state index contributed by atoms with van der Waals surface area (Å²) in [5.41, 5.74) is 9.34. The van der Waals surface area contributed by atoms with Crippen molar-refractivity contribution in [1.82, 2.24) is 9.78 Å². The highest BCUT2D eigenvalue weighted by molar-refractivity contribution is 7.17. The average Bonchev–Trinajstić information content (AvgIpc) is 3.27. The van der Waals surface area contributed by atoms with Gasteiger partial charge in [-0.2, -0.15) is 5.10 Å². The Bertz CT molecular complexity index is 1020. The van der Waals surface area contributed by atoms with Crippen molar-refractivity contribution < 1.29 is 19.1 Å². The predicted octanol–water partition coefficient (Wildman–Crippen LogP) is 2.27. The third-order valence-electron chi connectivity index (χ3n) is 5.02. The summed E-state index contributed by atoms with van der Waals surface area (Å²) in [6.07, 6.45) is 4.50. The van der Waals surface area contributed by atoms with Gasteiger partial charge in [-0.3, -0.25) is 14.3 Å². The first-order valence-electron chi connectivity index (χ1n) is 9.33. The Kier molecular flexibility index (Phi) is 5.88. The number of anilines is 1. The fraction of sp³-hybridized carbons (Fsp3) is 0.400. The lowest BCUT2D eigenvalue weighted by molar-refractivity contribution is -0.148. The van der Waals surface area contributed by atoms with Crippen molar-refractivity contribution in [3.8, 4) is 0 Å². The Hall–Kier alpha value is -2.94. The fourth-order valence-electron chi connectivity index (χ4n) is 3.42. The van der Waals surface area contributed by atoms with E-state index in [2.05, 4.69) is 10.4 Å². The molecule has 2 aromatic heterocycles. The van der Waals surface area contributed by atoms with Crippen LogP contribution < -0.4 is 11.1 Å². The standard InChI is InChI=1S/C20H24N4O4S/c1-10-13(11(2)24(4)23-10)8-9-16(25)28-12(3)19(27)22-20-17(18(21)26)14-6-5-7-15(14)29-20/h8-9,12H,5-7H2,1-4H3,(H2,21,26)(H,22,27)/b9-8+/t12-/m1/s1. The van der Waals surface area contributed by atoms with Crippen LogP contribution in [0.3, 0.4) is 0 Å². The Labute approximate surface area is 172 Å². The predicted molar refractivity (Wildman–Crippen MR) is 111 cm³/mol. The van der Waals surface area contributed by atoms with Crippen LogP contribution in [0, 0.1) is 13.8 Å². The minimum absolute atomic E-state index is 0.372. The Balaban J connectivity index is 1.65. The van der Waals surface area contributed by atoms with Crippen LogP contribution >= 0.6 is 11.3 Å². The van der Waals surface area contributed by atoms with Gasteiger partial charge in [0.25, 0.3) is 11.8 Å². The van der Waals surface area contributed by atoms with Gasteiger partial charge in [-0.15, -0.1) is 11.3 Å². The summed E-state index contributed by atoms with van der Waals surface area (Å²) >= 11 is 1.36. The summed E-state index contributed by atoms with van der Waals surface area (Å²) in [5.74, 6) is -1.71. The minimum atomic E-state index is -1.03. The molecule has 1 aliphatic carbocycles. The normalized spacial score (nSPS) is 14.1. The van der Waals surface area contributed by atoms with Crippen molar-refractivity contribution in [2.75, 3.05) is 5.32 Å². The number of amides is 2. The maximum Gasteiger partial charge on any atom is 0.331 e. The maximum atomic E-state index is 12.5. The van der Waals surface area contributed by atoms with Gasteiger partial charge in [-0.05, 0) is 51.7 Å². The number of hydrogen-bond donors (Lipinski definition) is 2. The molecule has 2 heterocycles. The molecular weight excluding hydrogens is 392 g/mol. The number of aryl methyl sites for hydroxylation is 3. The molecule has 0 unspecified atom stereocenters. The molecule has 0 saturated carbocycles.